The lowest BCUT2D eigenvalue weighted by Crippen LogP contribution is -2.51. The largest absolute Gasteiger partial charge is 0.351 e. The highest BCUT2D eigenvalue weighted by Gasteiger charge is 2.42. The van der Waals surface area contributed by atoms with Crippen LogP contribution in [0.3, 0.4) is 0 Å². The molecule has 1 aliphatic carbocycles. The van der Waals surface area contributed by atoms with E-state index >= 15 is 0 Å². The molecule has 3 aliphatic rings. The van der Waals surface area contributed by atoms with Gasteiger partial charge < -0.3 is 19.7 Å². The molecule has 2 aliphatic heterocycles. The summed E-state index contributed by atoms with van der Waals surface area (Å²) >= 11 is 1.60. The van der Waals surface area contributed by atoms with E-state index in [-0.39, 0.29) is 18.0 Å². The minimum Gasteiger partial charge on any atom is -0.351 e. The standard InChI is InChI=1S/C16H23N3O3S/c20-14(13-4-2-7-19(13)15-17-6-10-23-15)18-12-3-1-5-16(11-12)21-8-9-22-16/h6,10,12-13H,1-5,7-9,11H2,(H,18,20)/t12-,13-/m1/s1. The van der Waals surface area contributed by atoms with E-state index in [0.717, 1.165) is 50.2 Å². The van der Waals surface area contributed by atoms with Gasteiger partial charge in [0.25, 0.3) is 0 Å². The highest BCUT2D eigenvalue weighted by Crippen LogP contribution is 2.36. The number of hydrogen-bond donors (Lipinski definition) is 1. The number of aromatic nitrogens is 1. The maximum atomic E-state index is 12.8. The van der Waals surface area contributed by atoms with Gasteiger partial charge in [0.2, 0.25) is 5.91 Å². The lowest BCUT2D eigenvalue weighted by Gasteiger charge is -2.37. The van der Waals surface area contributed by atoms with Crippen molar-refractivity contribution in [2.75, 3.05) is 24.7 Å². The smallest absolute Gasteiger partial charge is 0.243 e. The van der Waals surface area contributed by atoms with Crippen LogP contribution in [0.5, 0.6) is 0 Å². The molecular formula is C16H23N3O3S. The first kappa shape index (κ1) is 15.4. The van der Waals surface area contributed by atoms with Crippen molar-refractivity contribution < 1.29 is 14.3 Å². The molecule has 1 aromatic rings. The number of anilines is 1. The molecular weight excluding hydrogens is 314 g/mol. The molecule has 0 radical (unpaired) electrons. The predicted molar refractivity (Wildman–Crippen MR) is 87.5 cm³/mol. The van der Waals surface area contributed by atoms with Gasteiger partial charge in [0.15, 0.2) is 10.9 Å². The Kier molecular flexibility index (Phi) is 4.26. The third-order valence-corrected chi connectivity index (χ3v) is 5.86. The molecule has 4 rings (SSSR count). The molecule has 1 amide bonds. The highest BCUT2D eigenvalue weighted by atomic mass is 32.1. The molecule has 6 nitrogen and oxygen atoms in total. The third-order valence-electron chi connectivity index (χ3n) is 5.05. The van der Waals surface area contributed by atoms with Crippen molar-refractivity contribution in [1.82, 2.24) is 10.3 Å². The summed E-state index contributed by atoms with van der Waals surface area (Å²) in [6.45, 7) is 2.24. The van der Waals surface area contributed by atoms with E-state index in [1.54, 1.807) is 17.5 Å². The second-order valence-electron chi connectivity index (χ2n) is 6.58. The van der Waals surface area contributed by atoms with Crippen LogP contribution in [-0.4, -0.2) is 48.5 Å². The Balaban J connectivity index is 1.39. The van der Waals surface area contributed by atoms with Crippen LogP contribution >= 0.6 is 11.3 Å². The molecule has 2 atom stereocenters. The molecule has 23 heavy (non-hydrogen) atoms. The van der Waals surface area contributed by atoms with Gasteiger partial charge in [-0.25, -0.2) is 4.98 Å². The maximum Gasteiger partial charge on any atom is 0.243 e. The summed E-state index contributed by atoms with van der Waals surface area (Å²) in [7, 11) is 0. The van der Waals surface area contributed by atoms with E-state index in [4.69, 9.17) is 9.47 Å². The molecule has 0 aromatic carbocycles. The summed E-state index contributed by atoms with van der Waals surface area (Å²) in [5.74, 6) is -0.321. The van der Waals surface area contributed by atoms with Crippen LogP contribution in [-0.2, 0) is 14.3 Å². The van der Waals surface area contributed by atoms with Crippen molar-refractivity contribution in [1.29, 1.82) is 0 Å². The van der Waals surface area contributed by atoms with Crippen molar-refractivity contribution in [2.24, 2.45) is 0 Å². The number of hydrogen-bond acceptors (Lipinski definition) is 6. The van der Waals surface area contributed by atoms with Crippen LogP contribution in [0.1, 0.15) is 38.5 Å². The zero-order chi connectivity index (χ0) is 15.7. The van der Waals surface area contributed by atoms with Gasteiger partial charge in [-0.1, -0.05) is 0 Å². The zero-order valence-electron chi connectivity index (χ0n) is 13.2. The zero-order valence-corrected chi connectivity index (χ0v) is 14.0. The van der Waals surface area contributed by atoms with Crippen molar-refractivity contribution in [3.63, 3.8) is 0 Å². The summed E-state index contributed by atoms with van der Waals surface area (Å²) in [6.07, 6.45) is 7.48. The predicted octanol–water partition coefficient (Wildman–Crippen LogP) is 1.91. The first-order chi connectivity index (χ1) is 11.3. The van der Waals surface area contributed by atoms with Gasteiger partial charge in [-0.05, 0) is 25.7 Å². The normalized spacial score (nSPS) is 30.0. The number of nitrogens with one attached hydrogen (secondary N) is 1. The fourth-order valence-corrected chi connectivity index (χ4v) is 4.72. The van der Waals surface area contributed by atoms with E-state index in [9.17, 15) is 4.79 Å². The topological polar surface area (TPSA) is 63.7 Å². The van der Waals surface area contributed by atoms with Crippen molar-refractivity contribution in [3.05, 3.63) is 11.6 Å². The fraction of sp³-hybridized carbons (Fsp3) is 0.750. The summed E-state index contributed by atoms with van der Waals surface area (Å²) in [5.41, 5.74) is 0. The van der Waals surface area contributed by atoms with Gasteiger partial charge in [-0.2, -0.15) is 0 Å². The third kappa shape index (κ3) is 3.09. The number of nitrogens with zero attached hydrogens (tertiary/aromatic N) is 2. The second-order valence-corrected chi connectivity index (χ2v) is 7.45. The average molecular weight is 337 g/mol. The summed E-state index contributed by atoms with van der Waals surface area (Å²) in [4.78, 5) is 19.3. The van der Waals surface area contributed by atoms with Crippen LogP contribution < -0.4 is 10.2 Å². The SMILES string of the molecule is O=C(N[C@@H]1CCCC2(C1)OCCO2)[C@H]1CCCN1c1nccs1. The van der Waals surface area contributed by atoms with Crippen molar-refractivity contribution in [2.45, 2.75) is 56.4 Å². The molecule has 1 aromatic heterocycles. The van der Waals surface area contributed by atoms with Gasteiger partial charge in [-0.15, -0.1) is 11.3 Å². The van der Waals surface area contributed by atoms with Crippen LogP contribution in [0.25, 0.3) is 0 Å². The minimum atomic E-state index is -0.444. The second kappa shape index (κ2) is 6.37. The summed E-state index contributed by atoms with van der Waals surface area (Å²) < 4.78 is 11.6. The van der Waals surface area contributed by atoms with E-state index < -0.39 is 5.79 Å². The number of carbonyl (C=O) groups excluding carboxylic acids is 1. The molecule has 3 fully saturated rings. The monoisotopic (exact) mass is 337 g/mol. The van der Waals surface area contributed by atoms with Gasteiger partial charge in [0, 0.05) is 37.0 Å². The highest BCUT2D eigenvalue weighted by molar-refractivity contribution is 7.13. The number of rotatable bonds is 3. The summed E-state index contributed by atoms with van der Waals surface area (Å²) in [6, 6.07) is 0.0533. The fourth-order valence-electron chi connectivity index (χ4n) is 4.00. The van der Waals surface area contributed by atoms with Crippen LogP contribution in [0.15, 0.2) is 11.6 Å². The van der Waals surface area contributed by atoms with E-state index in [1.165, 1.54) is 0 Å². The Morgan fingerprint density at radius 1 is 1.35 bits per heavy atom. The van der Waals surface area contributed by atoms with Crippen LogP contribution in [0.4, 0.5) is 5.13 Å². The Bertz CT molecular complexity index is 545. The number of amides is 1. The molecule has 1 N–H and O–H groups in total. The maximum absolute atomic E-state index is 12.8. The molecule has 3 heterocycles. The van der Waals surface area contributed by atoms with Gasteiger partial charge in [0.05, 0.1) is 13.2 Å². The van der Waals surface area contributed by atoms with Crippen LogP contribution in [0, 0.1) is 0 Å². The Hall–Kier alpha value is -1.18. The first-order valence-electron chi connectivity index (χ1n) is 8.50. The lowest BCUT2D eigenvalue weighted by atomic mass is 9.89. The molecule has 0 unspecified atom stereocenters. The molecule has 2 saturated heterocycles. The van der Waals surface area contributed by atoms with Crippen molar-refractivity contribution >= 4 is 22.4 Å². The molecule has 1 spiro atoms. The van der Waals surface area contributed by atoms with E-state index in [2.05, 4.69) is 15.2 Å². The minimum absolute atomic E-state index is 0.0931. The molecule has 7 heteroatoms. The summed E-state index contributed by atoms with van der Waals surface area (Å²) in [5, 5.41) is 6.15. The average Bonchev–Trinajstić information content (AvgIpc) is 3.28. The Morgan fingerprint density at radius 3 is 3.00 bits per heavy atom. The quantitative estimate of drug-likeness (QED) is 0.913. The van der Waals surface area contributed by atoms with Gasteiger partial charge in [-0.3, -0.25) is 4.79 Å². The molecule has 0 bridgehead atoms. The van der Waals surface area contributed by atoms with Crippen molar-refractivity contribution in [3.8, 4) is 0 Å². The van der Waals surface area contributed by atoms with Gasteiger partial charge >= 0.3 is 0 Å². The number of carbonyl (C=O) groups is 1. The Labute approximate surface area is 140 Å². The van der Waals surface area contributed by atoms with Gasteiger partial charge in [0.1, 0.15) is 6.04 Å². The molecule has 126 valence electrons. The molecule has 1 saturated carbocycles. The Morgan fingerprint density at radius 2 is 2.22 bits per heavy atom. The first-order valence-corrected chi connectivity index (χ1v) is 9.38. The lowest BCUT2D eigenvalue weighted by molar-refractivity contribution is -0.182. The van der Waals surface area contributed by atoms with E-state index in [1.807, 2.05) is 5.38 Å². The van der Waals surface area contributed by atoms with Crippen LogP contribution in [0.2, 0.25) is 0 Å². The number of thiazole rings is 1. The van der Waals surface area contributed by atoms with E-state index in [0.29, 0.717) is 13.2 Å². The number of ether oxygens (including phenoxy) is 2.